The molecule has 0 amide bonds. The predicted octanol–water partition coefficient (Wildman–Crippen LogP) is 4.53. The molecule has 0 saturated heterocycles. The molecule has 0 aliphatic heterocycles. The molecule has 2 aromatic rings. The average Bonchev–Trinajstić information content (AvgIpc) is 2.73. The molecule has 0 radical (unpaired) electrons. The van der Waals surface area contributed by atoms with Crippen molar-refractivity contribution in [1.82, 2.24) is 9.55 Å². The van der Waals surface area contributed by atoms with E-state index in [0.29, 0.717) is 23.1 Å². The van der Waals surface area contributed by atoms with Crippen molar-refractivity contribution in [2.24, 2.45) is 5.10 Å². The van der Waals surface area contributed by atoms with Crippen molar-refractivity contribution in [2.75, 3.05) is 5.43 Å². The summed E-state index contributed by atoms with van der Waals surface area (Å²) in [5.74, 6) is 0.0772. The van der Waals surface area contributed by atoms with Crippen LogP contribution in [0, 0.1) is 13.8 Å². The number of hydrazone groups is 1. The third kappa shape index (κ3) is 4.97. The Balaban J connectivity index is 2.09. The minimum Gasteiger partial charge on any atom is -0.339 e. The van der Waals surface area contributed by atoms with Crippen molar-refractivity contribution in [3.8, 4) is 0 Å². The molecule has 4 nitrogen and oxygen atoms in total. The Kier molecular flexibility index (Phi) is 5.09. The van der Waals surface area contributed by atoms with Crippen LogP contribution < -0.4 is 5.43 Å². The van der Waals surface area contributed by atoms with Gasteiger partial charge in [-0.3, -0.25) is 5.43 Å². The highest BCUT2D eigenvalue weighted by molar-refractivity contribution is 5.82. The number of nitrogens with one attached hydrogen (secondary N) is 1. The maximum Gasteiger partial charge on any atom is 0.417 e. The number of halogens is 6. The third-order valence-corrected chi connectivity index (χ3v) is 3.42. The molecule has 0 aliphatic carbocycles. The zero-order valence-corrected chi connectivity index (χ0v) is 13.2. The molecule has 2 heterocycles. The van der Waals surface area contributed by atoms with E-state index in [1.165, 1.54) is 19.2 Å². The standard InChI is InChI=1S/C15H14F6N4/c1-9-5-11(10(2)25(9)8-14(16,17)18)6-23-24-13-4-3-12(7-22-13)15(19,20)21/h3-7H,8H2,1-2H3,(H,22,24). The molecule has 0 saturated carbocycles. The molecule has 0 fully saturated rings. The number of hydrogen-bond acceptors (Lipinski definition) is 3. The van der Waals surface area contributed by atoms with E-state index in [-0.39, 0.29) is 5.82 Å². The minimum absolute atomic E-state index is 0.0772. The number of alkyl halides is 6. The van der Waals surface area contributed by atoms with Crippen molar-refractivity contribution in [1.29, 1.82) is 0 Å². The van der Waals surface area contributed by atoms with Gasteiger partial charge in [0.15, 0.2) is 0 Å². The second-order valence-electron chi connectivity index (χ2n) is 5.33. The number of rotatable bonds is 4. The maximum absolute atomic E-state index is 12.5. The maximum atomic E-state index is 12.5. The first-order chi connectivity index (χ1) is 11.5. The van der Waals surface area contributed by atoms with Gasteiger partial charge in [0.25, 0.3) is 0 Å². The quantitative estimate of drug-likeness (QED) is 0.492. The Morgan fingerprint density at radius 3 is 2.36 bits per heavy atom. The van der Waals surface area contributed by atoms with Gasteiger partial charge in [-0.05, 0) is 32.0 Å². The Labute approximate surface area is 139 Å². The van der Waals surface area contributed by atoms with E-state index < -0.39 is 24.5 Å². The first-order valence-electron chi connectivity index (χ1n) is 7.03. The van der Waals surface area contributed by atoms with E-state index in [2.05, 4.69) is 15.5 Å². The number of aromatic nitrogens is 2. The van der Waals surface area contributed by atoms with Crippen LogP contribution in [0.3, 0.4) is 0 Å². The van der Waals surface area contributed by atoms with Crippen LogP contribution in [-0.2, 0) is 12.7 Å². The van der Waals surface area contributed by atoms with Gasteiger partial charge >= 0.3 is 12.4 Å². The van der Waals surface area contributed by atoms with Crippen LogP contribution in [0.25, 0.3) is 0 Å². The number of pyridine rings is 1. The highest BCUT2D eigenvalue weighted by Crippen LogP contribution is 2.28. The van der Waals surface area contributed by atoms with Crippen LogP contribution >= 0.6 is 0 Å². The van der Waals surface area contributed by atoms with E-state index in [1.54, 1.807) is 6.92 Å². The highest BCUT2D eigenvalue weighted by atomic mass is 19.4. The first kappa shape index (κ1) is 18.8. The SMILES string of the molecule is Cc1cc(C=NNc2ccc(C(F)(F)F)cn2)c(C)n1CC(F)(F)F. The Morgan fingerprint density at radius 2 is 1.84 bits per heavy atom. The minimum atomic E-state index is -4.48. The topological polar surface area (TPSA) is 42.2 Å². The summed E-state index contributed by atoms with van der Waals surface area (Å²) >= 11 is 0. The third-order valence-electron chi connectivity index (χ3n) is 3.42. The van der Waals surface area contributed by atoms with Crippen LogP contribution in [0.2, 0.25) is 0 Å². The first-order valence-corrected chi connectivity index (χ1v) is 7.03. The lowest BCUT2D eigenvalue weighted by atomic mass is 10.3. The summed E-state index contributed by atoms with van der Waals surface area (Å²) in [6, 6.07) is 3.49. The van der Waals surface area contributed by atoms with Gasteiger partial charge in [0.2, 0.25) is 0 Å². The Bertz CT molecular complexity index is 756. The second kappa shape index (κ2) is 6.77. The van der Waals surface area contributed by atoms with Crippen LogP contribution in [0.1, 0.15) is 22.5 Å². The lowest BCUT2D eigenvalue weighted by Gasteiger charge is -2.12. The van der Waals surface area contributed by atoms with Crippen molar-refractivity contribution in [3.05, 3.63) is 46.9 Å². The summed E-state index contributed by atoms with van der Waals surface area (Å²) < 4.78 is 76.0. The summed E-state index contributed by atoms with van der Waals surface area (Å²) in [4.78, 5) is 3.57. The Hall–Kier alpha value is -2.52. The largest absolute Gasteiger partial charge is 0.417 e. The molecule has 0 spiro atoms. The summed E-state index contributed by atoms with van der Waals surface area (Å²) in [6.07, 6.45) is -6.88. The van der Waals surface area contributed by atoms with Gasteiger partial charge in [0, 0.05) is 23.1 Å². The smallest absolute Gasteiger partial charge is 0.339 e. The summed E-state index contributed by atoms with van der Waals surface area (Å²) in [6.45, 7) is 1.96. The number of aryl methyl sites for hydroxylation is 1. The molecule has 0 atom stereocenters. The molecule has 0 unspecified atom stereocenters. The number of anilines is 1. The van der Waals surface area contributed by atoms with Gasteiger partial charge in [-0.2, -0.15) is 31.4 Å². The molecular formula is C15H14F6N4. The second-order valence-corrected chi connectivity index (χ2v) is 5.33. The summed E-state index contributed by atoms with van der Waals surface area (Å²) in [5, 5.41) is 3.80. The molecule has 2 rings (SSSR count). The lowest BCUT2D eigenvalue weighted by Crippen LogP contribution is -2.19. The van der Waals surface area contributed by atoms with Crippen molar-refractivity contribution in [2.45, 2.75) is 32.7 Å². The van der Waals surface area contributed by atoms with Gasteiger partial charge in [-0.1, -0.05) is 0 Å². The molecule has 0 aromatic carbocycles. The molecule has 2 aromatic heterocycles. The van der Waals surface area contributed by atoms with Crippen LogP contribution in [-0.4, -0.2) is 21.9 Å². The van der Waals surface area contributed by atoms with E-state index in [0.717, 1.165) is 16.7 Å². The van der Waals surface area contributed by atoms with Gasteiger partial charge in [0.05, 0.1) is 11.8 Å². The van der Waals surface area contributed by atoms with Crippen molar-refractivity contribution < 1.29 is 26.3 Å². The zero-order valence-electron chi connectivity index (χ0n) is 13.2. The molecule has 136 valence electrons. The van der Waals surface area contributed by atoms with Crippen LogP contribution in [0.5, 0.6) is 0 Å². The van der Waals surface area contributed by atoms with Gasteiger partial charge in [0.1, 0.15) is 12.4 Å². The molecule has 0 aliphatic rings. The Morgan fingerprint density at radius 1 is 1.16 bits per heavy atom. The fraction of sp³-hybridized carbons (Fsp3) is 0.333. The molecule has 1 N–H and O–H groups in total. The molecule has 0 bridgehead atoms. The average molecular weight is 364 g/mol. The normalized spacial score (nSPS) is 12.8. The highest BCUT2D eigenvalue weighted by Gasteiger charge is 2.31. The van der Waals surface area contributed by atoms with E-state index in [4.69, 9.17) is 0 Å². The summed E-state index contributed by atoms with van der Waals surface area (Å²) in [7, 11) is 0. The molecular weight excluding hydrogens is 350 g/mol. The lowest BCUT2D eigenvalue weighted by molar-refractivity contribution is -0.141. The predicted molar refractivity (Wildman–Crippen MR) is 80.4 cm³/mol. The van der Waals surface area contributed by atoms with Crippen LogP contribution in [0.4, 0.5) is 32.2 Å². The number of hydrogen-bond donors (Lipinski definition) is 1. The van der Waals surface area contributed by atoms with E-state index >= 15 is 0 Å². The van der Waals surface area contributed by atoms with Gasteiger partial charge in [-0.25, -0.2) is 4.98 Å². The van der Waals surface area contributed by atoms with E-state index in [9.17, 15) is 26.3 Å². The molecule has 10 heteroatoms. The van der Waals surface area contributed by atoms with Gasteiger partial charge < -0.3 is 4.57 Å². The fourth-order valence-electron chi connectivity index (χ4n) is 2.18. The fourth-order valence-corrected chi connectivity index (χ4v) is 2.18. The molecule has 25 heavy (non-hydrogen) atoms. The van der Waals surface area contributed by atoms with Crippen molar-refractivity contribution >= 4 is 12.0 Å². The van der Waals surface area contributed by atoms with E-state index in [1.807, 2.05) is 0 Å². The monoisotopic (exact) mass is 364 g/mol. The number of nitrogens with zero attached hydrogens (tertiary/aromatic N) is 3. The zero-order chi connectivity index (χ0) is 18.8. The van der Waals surface area contributed by atoms with Gasteiger partial charge in [-0.15, -0.1) is 0 Å². The summed E-state index contributed by atoms with van der Waals surface area (Å²) in [5.41, 5.74) is 2.80. The van der Waals surface area contributed by atoms with Crippen molar-refractivity contribution in [3.63, 3.8) is 0 Å². The van der Waals surface area contributed by atoms with Crippen LogP contribution in [0.15, 0.2) is 29.5 Å².